The Balaban J connectivity index is 1.37. The molecule has 0 radical (unpaired) electrons. The normalized spacial score (nSPS) is 19.9. The Labute approximate surface area is 305 Å². The monoisotopic (exact) mass is 706 g/mol. The topological polar surface area (TPSA) is 83.1 Å². The van der Waals surface area contributed by atoms with E-state index in [0.29, 0.717) is 42.8 Å². The van der Waals surface area contributed by atoms with Crippen molar-refractivity contribution in [2.75, 3.05) is 27.9 Å². The van der Waals surface area contributed by atoms with Crippen molar-refractivity contribution >= 4 is 0 Å². The molecule has 0 aromatic heterocycles. The lowest BCUT2D eigenvalue weighted by Crippen LogP contribution is -2.62. The van der Waals surface area contributed by atoms with E-state index in [1.807, 2.05) is 121 Å². The van der Waals surface area contributed by atoms with Crippen molar-refractivity contribution in [3.05, 3.63) is 156 Å². The van der Waals surface area contributed by atoms with Crippen LogP contribution in [-0.2, 0) is 50.1 Å². The molecule has 5 atom stereocenters. The van der Waals surface area contributed by atoms with E-state index in [0.717, 1.165) is 22.3 Å². The van der Waals surface area contributed by atoms with Crippen LogP contribution in [0, 0.1) is 0 Å². The fourth-order valence-corrected chi connectivity index (χ4v) is 6.06. The van der Waals surface area contributed by atoms with Gasteiger partial charge in [0.25, 0.3) is 0 Å². The van der Waals surface area contributed by atoms with Crippen molar-refractivity contribution < 1.29 is 42.6 Å². The van der Waals surface area contributed by atoms with Crippen LogP contribution in [0.4, 0.5) is 0 Å². The molecule has 1 heterocycles. The molecular weight excluding hydrogens is 660 g/mol. The first-order valence-corrected chi connectivity index (χ1v) is 17.4. The molecule has 0 bridgehead atoms. The molecule has 9 heteroatoms. The van der Waals surface area contributed by atoms with Crippen molar-refractivity contribution in [2.45, 2.75) is 57.1 Å². The number of hydrogen-bond acceptors (Lipinski definition) is 9. The fraction of sp³-hybridized carbons (Fsp3) is 0.302. The highest BCUT2D eigenvalue weighted by molar-refractivity contribution is 5.54. The van der Waals surface area contributed by atoms with Crippen molar-refractivity contribution in [3.8, 4) is 23.0 Å². The van der Waals surface area contributed by atoms with Crippen molar-refractivity contribution in [1.29, 1.82) is 0 Å². The van der Waals surface area contributed by atoms with E-state index < -0.39 is 30.7 Å². The predicted octanol–water partition coefficient (Wildman–Crippen LogP) is 7.79. The van der Waals surface area contributed by atoms with Gasteiger partial charge in [0.2, 0.25) is 6.29 Å². The zero-order valence-corrected chi connectivity index (χ0v) is 29.8. The molecule has 0 N–H and O–H groups in total. The van der Waals surface area contributed by atoms with E-state index in [4.69, 9.17) is 42.6 Å². The van der Waals surface area contributed by atoms with Crippen LogP contribution in [0.3, 0.4) is 0 Å². The van der Waals surface area contributed by atoms with Crippen LogP contribution in [-0.4, -0.2) is 58.6 Å². The zero-order chi connectivity index (χ0) is 36.0. The lowest BCUT2D eigenvalue weighted by atomic mass is 9.97. The lowest BCUT2D eigenvalue weighted by Gasteiger charge is -2.45. The van der Waals surface area contributed by atoms with Gasteiger partial charge in [-0.15, -0.1) is 0 Å². The minimum Gasteiger partial charge on any atom is -0.493 e. The molecule has 0 unspecified atom stereocenters. The van der Waals surface area contributed by atoms with Crippen LogP contribution in [0.2, 0.25) is 0 Å². The lowest BCUT2D eigenvalue weighted by molar-refractivity contribution is -0.310. The summed E-state index contributed by atoms with van der Waals surface area (Å²) in [5.74, 6) is 1.79. The van der Waals surface area contributed by atoms with E-state index in [-0.39, 0.29) is 13.2 Å². The summed E-state index contributed by atoms with van der Waals surface area (Å²) in [5.41, 5.74) is 4.06. The highest BCUT2D eigenvalue weighted by Crippen LogP contribution is 2.41. The maximum Gasteiger partial charge on any atom is 0.229 e. The second-order valence-electron chi connectivity index (χ2n) is 12.3. The van der Waals surface area contributed by atoms with Gasteiger partial charge in [0.05, 0.1) is 54.4 Å². The summed E-state index contributed by atoms with van der Waals surface area (Å²) in [4.78, 5) is 0. The van der Waals surface area contributed by atoms with Gasteiger partial charge in [0.1, 0.15) is 24.4 Å². The number of hydrogen-bond donors (Lipinski definition) is 0. The summed E-state index contributed by atoms with van der Waals surface area (Å²) < 4.78 is 57.1. The summed E-state index contributed by atoms with van der Waals surface area (Å²) in [7, 11) is 4.71. The van der Waals surface area contributed by atoms with Crippen LogP contribution in [0.25, 0.3) is 0 Å². The Hall–Kier alpha value is -4.90. The molecule has 0 spiro atoms. The zero-order valence-electron chi connectivity index (χ0n) is 29.8. The van der Waals surface area contributed by atoms with E-state index in [1.54, 1.807) is 33.5 Å². The van der Waals surface area contributed by atoms with Gasteiger partial charge in [-0.05, 0) is 22.3 Å². The first-order chi connectivity index (χ1) is 25.6. The van der Waals surface area contributed by atoms with Gasteiger partial charge in [-0.25, -0.2) is 0 Å². The third kappa shape index (κ3) is 9.91. The molecule has 0 aliphatic carbocycles. The molecule has 5 aromatic carbocycles. The van der Waals surface area contributed by atoms with Crippen molar-refractivity contribution in [2.24, 2.45) is 0 Å². The fourth-order valence-electron chi connectivity index (χ4n) is 6.06. The smallest absolute Gasteiger partial charge is 0.229 e. The molecule has 0 saturated carbocycles. The Morgan fingerprint density at radius 2 is 0.827 bits per heavy atom. The second-order valence-corrected chi connectivity index (χ2v) is 12.3. The molecule has 1 aliphatic rings. The van der Waals surface area contributed by atoms with E-state index in [2.05, 4.69) is 0 Å². The average Bonchev–Trinajstić information content (AvgIpc) is 3.20. The third-order valence-electron chi connectivity index (χ3n) is 8.75. The first-order valence-electron chi connectivity index (χ1n) is 17.4. The molecule has 272 valence electrons. The van der Waals surface area contributed by atoms with E-state index in [9.17, 15) is 0 Å². The summed E-state index contributed by atoms with van der Waals surface area (Å²) in [5, 5.41) is 0. The van der Waals surface area contributed by atoms with E-state index in [1.165, 1.54) is 0 Å². The van der Waals surface area contributed by atoms with Gasteiger partial charge in [0.15, 0.2) is 23.0 Å². The molecule has 1 saturated heterocycles. The largest absolute Gasteiger partial charge is 0.493 e. The first kappa shape index (κ1) is 36.9. The van der Waals surface area contributed by atoms with Gasteiger partial charge in [-0.2, -0.15) is 0 Å². The van der Waals surface area contributed by atoms with Gasteiger partial charge < -0.3 is 42.6 Å². The molecule has 5 aromatic rings. The second kappa shape index (κ2) is 19.1. The highest BCUT2D eigenvalue weighted by atomic mass is 16.7. The molecule has 6 rings (SSSR count). The quantitative estimate of drug-likeness (QED) is 0.0907. The molecule has 1 fully saturated rings. The number of rotatable bonds is 18. The van der Waals surface area contributed by atoms with Crippen LogP contribution >= 0.6 is 0 Å². The van der Waals surface area contributed by atoms with Gasteiger partial charge in [0, 0.05) is 12.1 Å². The Morgan fingerprint density at radius 3 is 1.29 bits per heavy atom. The van der Waals surface area contributed by atoms with Crippen molar-refractivity contribution in [1.82, 2.24) is 0 Å². The van der Waals surface area contributed by atoms with Crippen molar-refractivity contribution in [3.63, 3.8) is 0 Å². The number of methoxy groups -OCH3 is 3. The van der Waals surface area contributed by atoms with Gasteiger partial charge in [-0.1, -0.05) is 121 Å². The SMILES string of the molecule is COc1cc(OC)c(O[C@@H]2O[C@H](COCc3ccccc3)[C@@H](OCc3ccccc3)[C@H](OCc3ccccc3)[C@@H]2OCc2ccccc2)cc1OC. The standard InChI is InChI=1S/C43H46O9/c1-44-35-24-37(46-3)38(25-36(35)45-2)51-43-42(50-29-34-22-14-7-15-23-34)41(49-28-33-20-12-6-13-21-33)40(48-27-32-18-10-5-11-19-32)39(52-43)30-47-26-31-16-8-4-9-17-31/h4-25,39-43H,26-30H2,1-3H3/t39-,40-,41+,42+,43-/m1/s1. The number of benzene rings is 5. The molecule has 52 heavy (non-hydrogen) atoms. The number of ether oxygens (including phenoxy) is 9. The minimum absolute atomic E-state index is 0.202. The van der Waals surface area contributed by atoms with Crippen LogP contribution in [0.1, 0.15) is 22.3 Å². The summed E-state index contributed by atoms with van der Waals surface area (Å²) in [6, 6.07) is 43.5. The van der Waals surface area contributed by atoms with Gasteiger partial charge in [-0.3, -0.25) is 0 Å². The minimum atomic E-state index is -0.974. The van der Waals surface area contributed by atoms with Gasteiger partial charge >= 0.3 is 0 Å². The highest BCUT2D eigenvalue weighted by Gasteiger charge is 2.50. The van der Waals surface area contributed by atoms with Crippen LogP contribution in [0.15, 0.2) is 133 Å². The maximum atomic E-state index is 6.84. The summed E-state index contributed by atoms with van der Waals surface area (Å²) in [6.07, 6.45) is -3.59. The summed E-state index contributed by atoms with van der Waals surface area (Å²) in [6.45, 7) is 1.52. The predicted molar refractivity (Wildman–Crippen MR) is 197 cm³/mol. The summed E-state index contributed by atoms with van der Waals surface area (Å²) >= 11 is 0. The Bertz CT molecular complexity index is 1760. The molecule has 0 amide bonds. The van der Waals surface area contributed by atoms with Crippen LogP contribution < -0.4 is 18.9 Å². The average molecular weight is 707 g/mol. The Morgan fingerprint density at radius 1 is 0.442 bits per heavy atom. The maximum absolute atomic E-state index is 6.84. The molecule has 1 aliphatic heterocycles. The van der Waals surface area contributed by atoms with Crippen LogP contribution in [0.5, 0.6) is 23.0 Å². The molecular formula is C43H46O9. The van der Waals surface area contributed by atoms with E-state index >= 15 is 0 Å². The third-order valence-corrected chi connectivity index (χ3v) is 8.75. The molecule has 9 nitrogen and oxygen atoms in total. The Kier molecular flexibility index (Phi) is 13.5.